The van der Waals surface area contributed by atoms with Crippen LogP contribution in [0.2, 0.25) is 0 Å². The molecule has 1 aliphatic heterocycles. The van der Waals surface area contributed by atoms with Crippen molar-refractivity contribution in [2.45, 2.75) is 40.0 Å². The molecule has 0 N–H and O–H groups in total. The second-order valence-corrected chi connectivity index (χ2v) is 5.83. The molecule has 0 aromatic heterocycles. The summed E-state index contributed by atoms with van der Waals surface area (Å²) in [6.45, 7) is 6.22. The lowest BCUT2D eigenvalue weighted by Gasteiger charge is -2.29. The number of nitrogens with zero attached hydrogens (tertiary/aromatic N) is 2. The van der Waals surface area contributed by atoms with E-state index in [0.717, 1.165) is 22.6 Å². The first-order valence-corrected chi connectivity index (χ1v) is 7.19. The molecule has 1 atom stereocenters. The topological polar surface area (TPSA) is 57.7 Å². The highest BCUT2D eigenvalue weighted by Crippen LogP contribution is 2.18. The Morgan fingerprint density at radius 2 is 1.62 bits per heavy atom. The molecule has 0 aromatic carbocycles. The number of carbonyl (C=O) groups is 3. The van der Waals surface area contributed by atoms with E-state index in [9.17, 15) is 14.4 Å². The summed E-state index contributed by atoms with van der Waals surface area (Å²) in [6, 6.07) is -0.584. The van der Waals surface area contributed by atoms with Crippen LogP contribution in [0.3, 0.4) is 0 Å². The summed E-state index contributed by atoms with van der Waals surface area (Å²) in [4.78, 5) is 37.5. The Balaban J connectivity index is 2.70. The maximum absolute atomic E-state index is 12.0. The van der Waals surface area contributed by atoms with E-state index in [4.69, 9.17) is 0 Å². The molecular weight excluding hydrogens is 268 g/mol. The Morgan fingerprint density at radius 3 is 2.10 bits per heavy atom. The Morgan fingerprint density at radius 1 is 1.10 bits per heavy atom. The van der Waals surface area contributed by atoms with Gasteiger partial charge in [-0.25, -0.2) is 4.79 Å². The van der Waals surface area contributed by atoms with Crippen molar-refractivity contribution in [3.05, 3.63) is 23.3 Å². The first-order valence-electron chi connectivity index (χ1n) is 7.19. The number of carbonyl (C=O) groups excluding carboxylic acids is 3. The lowest BCUT2D eigenvalue weighted by Crippen LogP contribution is -2.53. The fraction of sp³-hybridized carbons (Fsp3) is 0.562. The van der Waals surface area contributed by atoms with Gasteiger partial charge in [-0.2, -0.15) is 0 Å². The van der Waals surface area contributed by atoms with Crippen LogP contribution < -0.4 is 0 Å². The highest BCUT2D eigenvalue weighted by atomic mass is 16.2. The van der Waals surface area contributed by atoms with Crippen LogP contribution in [0.4, 0.5) is 4.79 Å². The molecule has 0 radical (unpaired) electrons. The van der Waals surface area contributed by atoms with Gasteiger partial charge in [-0.3, -0.25) is 19.4 Å². The number of imide groups is 2. The van der Waals surface area contributed by atoms with E-state index in [-0.39, 0.29) is 5.57 Å². The van der Waals surface area contributed by atoms with Crippen LogP contribution in [-0.4, -0.2) is 41.7 Å². The summed E-state index contributed by atoms with van der Waals surface area (Å²) in [6.07, 6.45) is 6.49. The number of allylic oxidation sites excluding steroid dienone is 3. The number of hydrogen-bond donors (Lipinski definition) is 0. The molecular formula is C16H24N2O3. The van der Waals surface area contributed by atoms with Gasteiger partial charge in [0.15, 0.2) is 0 Å². The van der Waals surface area contributed by atoms with Crippen molar-refractivity contribution in [2.24, 2.45) is 5.92 Å². The number of likely N-dealkylation sites (N-methyl/N-ethyl adjacent to an activating group) is 2. The number of amides is 4. The quantitative estimate of drug-likeness (QED) is 0.445. The molecule has 0 spiro atoms. The fourth-order valence-corrected chi connectivity index (χ4v) is 2.12. The Kier molecular flexibility index (Phi) is 5.88. The van der Waals surface area contributed by atoms with E-state index in [1.807, 2.05) is 0 Å². The predicted octanol–water partition coefficient (Wildman–Crippen LogP) is 2.74. The molecule has 1 heterocycles. The number of barbiturate groups is 1. The molecule has 0 aromatic rings. The normalized spacial score (nSPS) is 17.2. The lowest BCUT2D eigenvalue weighted by atomic mass is 9.98. The Bertz CT molecular complexity index is 476. The minimum Gasteiger partial charge on any atom is -0.268 e. The van der Waals surface area contributed by atoms with Crippen molar-refractivity contribution in [3.8, 4) is 0 Å². The number of urea groups is 1. The summed E-state index contributed by atoms with van der Waals surface area (Å²) >= 11 is 0. The van der Waals surface area contributed by atoms with Gasteiger partial charge in [0.05, 0.1) is 0 Å². The molecule has 1 rings (SSSR count). The summed E-state index contributed by atoms with van der Waals surface area (Å²) in [5.41, 5.74) is 1.38. The molecule has 1 saturated heterocycles. The van der Waals surface area contributed by atoms with E-state index in [0.29, 0.717) is 12.3 Å². The van der Waals surface area contributed by atoms with Gasteiger partial charge in [-0.1, -0.05) is 24.6 Å². The molecule has 1 aliphatic rings. The van der Waals surface area contributed by atoms with Crippen LogP contribution in [0.5, 0.6) is 0 Å². The van der Waals surface area contributed by atoms with Crippen LogP contribution in [0, 0.1) is 5.92 Å². The highest BCUT2D eigenvalue weighted by Gasteiger charge is 2.37. The average molecular weight is 292 g/mol. The van der Waals surface area contributed by atoms with E-state index < -0.39 is 17.8 Å². The van der Waals surface area contributed by atoms with Gasteiger partial charge >= 0.3 is 6.03 Å². The van der Waals surface area contributed by atoms with Gasteiger partial charge in [0.2, 0.25) is 0 Å². The maximum atomic E-state index is 12.0. The molecule has 116 valence electrons. The monoisotopic (exact) mass is 292 g/mol. The SMILES string of the molecule is CC(C)=CCCC(C)CC=C1C(=O)N(C)C(=O)N(C)C1=O. The van der Waals surface area contributed by atoms with Crippen molar-refractivity contribution >= 4 is 17.8 Å². The maximum Gasteiger partial charge on any atom is 0.333 e. The average Bonchev–Trinajstić information content (AvgIpc) is 2.42. The molecule has 4 amide bonds. The number of hydrogen-bond acceptors (Lipinski definition) is 3. The molecule has 1 fully saturated rings. The third-order valence-corrected chi connectivity index (χ3v) is 3.58. The van der Waals surface area contributed by atoms with Crippen molar-refractivity contribution in [1.29, 1.82) is 0 Å². The second kappa shape index (κ2) is 7.20. The second-order valence-electron chi connectivity index (χ2n) is 5.83. The smallest absolute Gasteiger partial charge is 0.268 e. The summed E-state index contributed by atoms with van der Waals surface area (Å²) < 4.78 is 0. The molecule has 1 unspecified atom stereocenters. The van der Waals surface area contributed by atoms with Crippen LogP contribution in [0.25, 0.3) is 0 Å². The van der Waals surface area contributed by atoms with Crippen LogP contribution >= 0.6 is 0 Å². The van der Waals surface area contributed by atoms with Gasteiger partial charge in [0.1, 0.15) is 5.57 Å². The minimum atomic E-state index is -0.584. The molecule has 0 aliphatic carbocycles. The standard InChI is InChI=1S/C16H24N2O3/c1-11(2)7-6-8-12(3)9-10-13-14(19)17(4)16(21)18(5)15(13)20/h7,10,12H,6,8-9H2,1-5H3. The zero-order chi connectivity index (χ0) is 16.2. The zero-order valence-electron chi connectivity index (χ0n) is 13.5. The first kappa shape index (κ1) is 17.1. The molecule has 5 heteroatoms. The summed E-state index contributed by atoms with van der Waals surface area (Å²) in [7, 11) is 2.78. The minimum absolute atomic E-state index is 0.0914. The molecule has 5 nitrogen and oxygen atoms in total. The predicted molar refractivity (Wildman–Crippen MR) is 81.5 cm³/mol. The largest absolute Gasteiger partial charge is 0.333 e. The van der Waals surface area contributed by atoms with Crippen LogP contribution in [0.1, 0.15) is 40.0 Å². The van der Waals surface area contributed by atoms with E-state index in [1.165, 1.54) is 19.7 Å². The highest BCUT2D eigenvalue weighted by molar-refractivity contribution is 6.28. The van der Waals surface area contributed by atoms with E-state index in [2.05, 4.69) is 26.8 Å². The van der Waals surface area contributed by atoms with Gasteiger partial charge < -0.3 is 0 Å². The van der Waals surface area contributed by atoms with Gasteiger partial charge in [0, 0.05) is 14.1 Å². The molecule has 0 bridgehead atoms. The van der Waals surface area contributed by atoms with E-state index >= 15 is 0 Å². The van der Waals surface area contributed by atoms with Gasteiger partial charge in [-0.15, -0.1) is 0 Å². The van der Waals surface area contributed by atoms with Crippen molar-refractivity contribution in [3.63, 3.8) is 0 Å². The molecule has 21 heavy (non-hydrogen) atoms. The number of rotatable bonds is 5. The van der Waals surface area contributed by atoms with Crippen molar-refractivity contribution in [2.75, 3.05) is 14.1 Å². The summed E-state index contributed by atoms with van der Waals surface area (Å²) in [5.74, 6) is -0.652. The summed E-state index contributed by atoms with van der Waals surface area (Å²) in [5, 5.41) is 0. The first-order chi connectivity index (χ1) is 9.75. The van der Waals surface area contributed by atoms with Gasteiger partial charge in [0.25, 0.3) is 11.8 Å². The Labute approximate surface area is 126 Å². The van der Waals surface area contributed by atoms with Crippen molar-refractivity contribution in [1.82, 2.24) is 9.80 Å². The molecule has 0 saturated carbocycles. The van der Waals surface area contributed by atoms with Crippen molar-refractivity contribution < 1.29 is 14.4 Å². The van der Waals surface area contributed by atoms with Crippen LogP contribution in [-0.2, 0) is 9.59 Å². The third-order valence-electron chi connectivity index (χ3n) is 3.58. The Hall–Kier alpha value is -1.91. The third kappa shape index (κ3) is 4.28. The lowest BCUT2D eigenvalue weighted by molar-refractivity contribution is -0.134. The van der Waals surface area contributed by atoms with E-state index in [1.54, 1.807) is 6.08 Å². The van der Waals surface area contributed by atoms with Gasteiger partial charge in [-0.05, 0) is 39.0 Å². The zero-order valence-corrected chi connectivity index (χ0v) is 13.5. The van der Waals surface area contributed by atoms with Crippen LogP contribution in [0.15, 0.2) is 23.3 Å². The fourth-order valence-electron chi connectivity index (χ4n) is 2.12.